The van der Waals surface area contributed by atoms with Crippen molar-refractivity contribution in [1.82, 2.24) is 4.90 Å². The van der Waals surface area contributed by atoms with E-state index in [2.05, 4.69) is 15.5 Å². The molecule has 0 spiro atoms. The Labute approximate surface area is 254 Å². The number of nitrogens with one attached hydrogen (secondary N) is 1. The van der Waals surface area contributed by atoms with E-state index in [1.807, 2.05) is 0 Å². The molecule has 212 valence electrons. The van der Waals surface area contributed by atoms with Crippen molar-refractivity contribution in [2.24, 2.45) is 10.2 Å². The number of furan rings is 1. The second-order valence-corrected chi connectivity index (χ2v) is 10.5. The lowest BCUT2D eigenvalue weighted by Gasteiger charge is -2.12. The number of rotatable bonds is 9. The summed E-state index contributed by atoms with van der Waals surface area (Å²) < 4.78 is 24.3. The van der Waals surface area contributed by atoms with Gasteiger partial charge in [0.25, 0.3) is 11.8 Å². The molecule has 1 N–H and O–H groups in total. The number of para-hydroxylation sites is 1. The van der Waals surface area contributed by atoms with Crippen LogP contribution in [0.3, 0.4) is 0 Å². The summed E-state index contributed by atoms with van der Waals surface area (Å²) in [7, 11) is 0. The SMILES string of the molecule is O=C(COc1ccccc1/C=C1\S/C(=N/N=C\c2cccc(Cl)c2Cl)N(Cc2ccco2)C1=O)Nc1ccc(F)cc1. The Hall–Kier alpha value is -4.38. The zero-order valence-corrected chi connectivity index (χ0v) is 24.0. The predicted molar refractivity (Wildman–Crippen MR) is 163 cm³/mol. The van der Waals surface area contributed by atoms with E-state index in [-0.39, 0.29) is 19.1 Å². The summed E-state index contributed by atoms with van der Waals surface area (Å²) in [5.41, 5.74) is 1.60. The molecule has 42 heavy (non-hydrogen) atoms. The van der Waals surface area contributed by atoms with Gasteiger partial charge in [-0.3, -0.25) is 14.5 Å². The van der Waals surface area contributed by atoms with Gasteiger partial charge in [0.2, 0.25) is 0 Å². The van der Waals surface area contributed by atoms with Crippen LogP contribution in [0.4, 0.5) is 10.1 Å². The number of benzene rings is 3. The molecule has 12 heteroatoms. The summed E-state index contributed by atoms with van der Waals surface area (Å²) in [5.74, 6) is -0.180. The number of carbonyl (C=O) groups excluding carboxylic acids is 2. The van der Waals surface area contributed by atoms with Crippen molar-refractivity contribution in [2.75, 3.05) is 11.9 Å². The first-order valence-corrected chi connectivity index (χ1v) is 14.0. The quantitative estimate of drug-likeness (QED) is 0.120. The van der Waals surface area contributed by atoms with Crippen molar-refractivity contribution in [1.29, 1.82) is 0 Å². The normalized spacial score (nSPS) is 15.2. The van der Waals surface area contributed by atoms with Crippen LogP contribution in [0.2, 0.25) is 10.0 Å². The molecule has 0 atom stereocenters. The number of ether oxygens (including phenoxy) is 1. The molecular weight excluding hydrogens is 602 g/mol. The number of hydrogen-bond donors (Lipinski definition) is 1. The number of amidine groups is 1. The number of carbonyl (C=O) groups is 2. The van der Waals surface area contributed by atoms with Gasteiger partial charge in [0.1, 0.15) is 17.3 Å². The number of anilines is 1. The molecule has 3 aromatic carbocycles. The Morgan fingerprint density at radius 3 is 2.60 bits per heavy atom. The molecular formula is C30H21Cl2FN4O4S. The maximum atomic E-state index is 13.5. The van der Waals surface area contributed by atoms with Crippen LogP contribution >= 0.6 is 35.0 Å². The van der Waals surface area contributed by atoms with Crippen molar-refractivity contribution in [3.63, 3.8) is 0 Å². The van der Waals surface area contributed by atoms with E-state index in [1.165, 1.54) is 41.6 Å². The van der Waals surface area contributed by atoms with E-state index in [0.29, 0.717) is 48.4 Å². The highest BCUT2D eigenvalue weighted by atomic mass is 35.5. The summed E-state index contributed by atoms with van der Waals surface area (Å²) >= 11 is 13.5. The lowest BCUT2D eigenvalue weighted by atomic mass is 10.2. The summed E-state index contributed by atoms with van der Waals surface area (Å²) in [4.78, 5) is 27.7. The molecule has 1 aliphatic rings. The van der Waals surface area contributed by atoms with E-state index >= 15 is 0 Å². The second-order valence-electron chi connectivity index (χ2n) is 8.73. The average molecular weight is 623 g/mol. The van der Waals surface area contributed by atoms with Crippen LogP contribution in [0.5, 0.6) is 5.75 Å². The van der Waals surface area contributed by atoms with Crippen molar-refractivity contribution in [3.8, 4) is 5.75 Å². The van der Waals surface area contributed by atoms with Gasteiger partial charge in [0, 0.05) is 16.8 Å². The molecule has 5 rings (SSSR count). The molecule has 2 heterocycles. The fraction of sp³-hybridized carbons (Fsp3) is 0.0667. The molecule has 1 aromatic heterocycles. The van der Waals surface area contributed by atoms with E-state index in [1.54, 1.807) is 60.7 Å². The molecule has 0 bridgehead atoms. The molecule has 0 unspecified atom stereocenters. The average Bonchev–Trinajstić information content (AvgIpc) is 3.60. The Bertz CT molecular complexity index is 1690. The predicted octanol–water partition coefficient (Wildman–Crippen LogP) is 7.25. The van der Waals surface area contributed by atoms with Gasteiger partial charge in [-0.2, -0.15) is 5.10 Å². The second kappa shape index (κ2) is 13.5. The highest BCUT2D eigenvalue weighted by Gasteiger charge is 2.34. The highest BCUT2D eigenvalue weighted by molar-refractivity contribution is 8.18. The summed E-state index contributed by atoms with van der Waals surface area (Å²) in [6, 6.07) is 21.0. The van der Waals surface area contributed by atoms with Crippen LogP contribution in [-0.2, 0) is 16.1 Å². The van der Waals surface area contributed by atoms with Gasteiger partial charge >= 0.3 is 0 Å². The van der Waals surface area contributed by atoms with Gasteiger partial charge < -0.3 is 14.5 Å². The van der Waals surface area contributed by atoms with E-state index in [9.17, 15) is 14.0 Å². The third kappa shape index (κ3) is 7.27. The largest absolute Gasteiger partial charge is 0.483 e. The maximum absolute atomic E-state index is 13.5. The van der Waals surface area contributed by atoms with Gasteiger partial charge in [-0.05, 0) is 66.4 Å². The van der Waals surface area contributed by atoms with Crippen molar-refractivity contribution < 1.29 is 23.1 Å². The Morgan fingerprint density at radius 1 is 1.02 bits per heavy atom. The molecule has 0 aliphatic carbocycles. The van der Waals surface area contributed by atoms with Gasteiger partial charge in [-0.25, -0.2) is 4.39 Å². The van der Waals surface area contributed by atoms with Crippen LogP contribution in [0.1, 0.15) is 16.9 Å². The Balaban J connectivity index is 1.35. The third-order valence-corrected chi connectivity index (χ3v) is 7.63. The summed E-state index contributed by atoms with van der Waals surface area (Å²) in [6.07, 6.45) is 4.64. The molecule has 1 fully saturated rings. The van der Waals surface area contributed by atoms with Gasteiger partial charge in [-0.15, -0.1) is 5.10 Å². The molecule has 1 aliphatic heterocycles. The first-order chi connectivity index (χ1) is 20.4. The summed E-state index contributed by atoms with van der Waals surface area (Å²) in [6.45, 7) is -0.152. The highest BCUT2D eigenvalue weighted by Crippen LogP contribution is 2.35. The fourth-order valence-corrected chi connectivity index (χ4v) is 5.07. The van der Waals surface area contributed by atoms with E-state index in [4.69, 9.17) is 32.4 Å². The lowest BCUT2D eigenvalue weighted by molar-refractivity contribution is -0.122. The monoisotopic (exact) mass is 622 g/mol. The number of thioether (sulfide) groups is 1. The van der Waals surface area contributed by atoms with Gasteiger partial charge in [0.05, 0.1) is 34.0 Å². The van der Waals surface area contributed by atoms with E-state index < -0.39 is 11.7 Å². The maximum Gasteiger partial charge on any atom is 0.267 e. The minimum absolute atomic E-state index is 0.143. The zero-order valence-electron chi connectivity index (χ0n) is 21.7. The van der Waals surface area contributed by atoms with Crippen LogP contribution in [0.25, 0.3) is 6.08 Å². The number of nitrogens with zero attached hydrogens (tertiary/aromatic N) is 3. The molecule has 8 nitrogen and oxygen atoms in total. The van der Waals surface area contributed by atoms with Crippen molar-refractivity contribution >= 4 is 69.9 Å². The topological polar surface area (TPSA) is 96.5 Å². The molecule has 0 saturated carbocycles. The minimum Gasteiger partial charge on any atom is -0.483 e. The standard InChI is InChI=1S/C30H21Cl2FN4O4S/c31-24-8-3-6-20(28(24)32)16-34-36-30-37(17-23-7-4-14-40-23)29(39)26(42-30)15-19-5-1-2-9-25(19)41-18-27(38)35-22-12-10-21(33)11-13-22/h1-16H,17-18H2,(H,35,38)/b26-15-,34-16-,36-30+. The van der Waals surface area contributed by atoms with Crippen LogP contribution in [-0.4, -0.2) is 34.7 Å². The first-order valence-electron chi connectivity index (χ1n) is 12.4. The number of hydrogen-bond acceptors (Lipinski definition) is 7. The smallest absolute Gasteiger partial charge is 0.267 e. The molecule has 4 aromatic rings. The third-order valence-electron chi connectivity index (χ3n) is 5.80. The molecule has 0 radical (unpaired) electrons. The number of halogens is 3. The first kappa shape index (κ1) is 29.1. The van der Waals surface area contributed by atoms with Crippen LogP contribution in [0.15, 0.2) is 105 Å². The minimum atomic E-state index is -0.424. The van der Waals surface area contributed by atoms with Gasteiger partial charge in [0.15, 0.2) is 11.8 Å². The van der Waals surface area contributed by atoms with Crippen LogP contribution < -0.4 is 10.1 Å². The Morgan fingerprint density at radius 2 is 1.81 bits per heavy atom. The summed E-state index contributed by atoms with van der Waals surface area (Å²) in [5, 5.41) is 12.1. The van der Waals surface area contributed by atoms with Gasteiger partial charge in [-0.1, -0.05) is 53.5 Å². The van der Waals surface area contributed by atoms with Crippen LogP contribution in [0, 0.1) is 5.82 Å². The van der Waals surface area contributed by atoms with Crippen molar-refractivity contribution in [3.05, 3.63) is 123 Å². The fourth-order valence-electron chi connectivity index (χ4n) is 3.79. The zero-order chi connectivity index (χ0) is 29.5. The molecule has 2 amide bonds. The van der Waals surface area contributed by atoms with Crippen molar-refractivity contribution in [2.45, 2.75) is 6.54 Å². The lowest BCUT2D eigenvalue weighted by Crippen LogP contribution is -2.28. The Kier molecular flexibility index (Phi) is 9.38. The number of amides is 2. The van der Waals surface area contributed by atoms with E-state index in [0.717, 1.165) is 11.8 Å². The molecule has 1 saturated heterocycles.